The van der Waals surface area contributed by atoms with Crippen molar-refractivity contribution in [3.8, 4) is 11.3 Å². The Morgan fingerprint density at radius 1 is 1.24 bits per heavy atom. The van der Waals surface area contributed by atoms with Gasteiger partial charge in [0.15, 0.2) is 0 Å². The van der Waals surface area contributed by atoms with Gasteiger partial charge < -0.3 is 5.73 Å². The quantitative estimate of drug-likeness (QED) is 0.876. The zero-order valence-corrected chi connectivity index (χ0v) is 10.1. The van der Waals surface area contributed by atoms with Gasteiger partial charge in [-0.2, -0.15) is 0 Å². The minimum absolute atomic E-state index is 0.521. The van der Waals surface area contributed by atoms with Crippen LogP contribution < -0.4 is 5.73 Å². The molecule has 0 radical (unpaired) electrons. The van der Waals surface area contributed by atoms with E-state index in [2.05, 4.69) is 21.9 Å². The molecule has 2 heterocycles. The molecule has 0 spiro atoms. The highest BCUT2D eigenvalue weighted by atomic mass is 14.9. The third-order valence-electron chi connectivity index (χ3n) is 2.46. The minimum atomic E-state index is 0.521. The van der Waals surface area contributed by atoms with Crippen molar-refractivity contribution < 1.29 is 0 Å². The van der Waals surface area contributed by atoms with Crippen LogP contribution >= 0.6 is 0 Å². The number of aromatic nitrogens is 3. The van der Waals surface area contributed by atoms with Gasteiger partial charge in [-0.15, -0.1) is 0 Å². The number of nitrogens with two attached hydrogens (primary N) is 1. The molecule has 0 fully saturated rings. The van der Waals surface area contributed by atoms with Crippen LogP contribution in [0.25, 0.3) is 11.3 Å². The van der Waals surface area contributed by atoms with E-state index in [0.717, 1.165) is 35.6 Å². The monoisotopic (exact) mass is 228 g/mol. The summed E-state index contributed by atoms with van der Waals surface area (Å²) in [5.41, 5.74) is 8.67. The van der Waals surface area contributed by atoms with E-state index in [1.807, 2.05) is 19.1 Å². The van der Waals surface area contributed by atoms with E-state index in [1.54, 1.807) is 12.3 Å². The fourth-order valence-corrected chi connectivity index (χ4v) is 1.71. The molecule has 2 aromatic heterocycles. The Labute approximate surface area is 101 Å². The van der Waals surface area contributed by atoms with Gasteiger partial charge in [0.1, 0.15) is 11.6 Å². The van der Waals surface area contributed by atoms with Crippen molar-refractivity contribution >= 4 is 5.82 Å². The number of nitrogens with zero attached hydrogens (tertiary/aromatic N) is 3. The smallest absolute Gasteiger partial charge is 0.131 e. The molecule has 17 heavy (non-hydrogen) atoms. The lowest BCUT2D eigenvalue weighted by atomic mass is 10.1. The average Bonchev–Trinajstić information content (AvgIpc) is 2.28. The first-order valence-corrected chi connectivity index (χ1v) is 5.75. The number of hydrogen-bond acceptors (Lipinski definition) is 4. The molecule has 0 aromatic carbocycles. The lowest BCUT2D eigenvalue weighted by Crippen LogP contribution is -2.01. The first-order valence-electron chi connectivity index (χ1n) is 5.75. The van der Waals surface area contributed by atoms with E-state index in [-0.39, 0.29) is 0 Å². The van der Waals surface area contributed by atoms with Crippen molar-refractivity contribution in [3.05, 3.63) is 35.9 Å². The molecule has 0 saturated carbocycles. The standard InChI is InChI=1S/C13H16N4/c1-3-4-13-16-11(8-12(14)17-13)10-5-6-15-9(2)7-10/h5-8H,3-4H2,1-2H3,(H2,14,16,17). The van der Waals surface area contributed by atoms with Crippen molar-refractivity contribution in [3.63, 3.8) is 0 Å². The van der Waals surface area contributed by atoms with Crippen LogP contribution in [-0.2, 0) is 6.42 Å². The third kappa shape index (κ3) is 2.78. The number of pyridine rings is 1. The van der Waals surface area contributed by atoms with Gasteiger partial charge in [-0.1, -0.05) is 6.92 Å². The Hall–Kier alpha value is -1.97. The van der Waals surface area contributed by atoms with Crippen molar-refractivity contribution in [2.24, 2.45) is 0 Å². The van der Waals surface area contributed by atoms with Crippen LogP contribution in [0.3, 0.4) is 0 Å². The molecule has 0 aliphatic heterocycles. The second kappa shape index (κ2) is 4.91. The van der Waals surface area contributed by atoms with Crippen molar-refractivity contribution in [2.75, 3.05) is 5.73 Å². The molecule has 2 aromatic rings. The van der Waals surface area contributed by atoms with E-state index in [1.165, 1.54) is 0 Å². The van der Waals surface area contributed by atoms with Crippen LogP contribution in [0.15, 0.2) is 24.4 Å². The molecule has 0 aliphatic rings. The van der Waals surface area contributed by atoms with Gasteiger partial charge in [-0.3, -0.25) is 4.98 Å². The van der Waals surface area contributed by atoms with Gasteiger partial charge in [0.2, 0.25) is 0 Å². The summed E-state index contributed by atoms with van der Waals surface area (Å²) >= 11 is 0. The van der Waals surface area contributed by atoms with E-state index < -0.39 is 0 Å². The van der Waals surface area contributed by atoms with Crippen molar-refractivity contribution in [1.82, 2.24) is 15.0 Å². The fraction of sp³-hybridized carbons (Fsp3) is 0.308. The summed E-state index contributed by atoms with van der Waals surface area (Å²) in [7, 11) is 0. The molecule has 88 valence electrons. The molecule has 0 bridgehead atoms. The summed E-state index contributed by atoms with van der Waals surface area (Å²) in [6.45, 7) is 4.06. The predicted molar refractivity (Wildman–Crippen MR) is 68.4 cm³/mol. The van der Waals surface area contributed by atoms with Gasteiger partial charge in [0.05, 0.1) is 5.69 Å². The van der Waals surface area contributed by atoms with E-state index in [0.29, 0.717) is 5.82 Å². The molecule has 0 aliphatic carbocycles. The van der Waals surface area contributed by atoms with Crippen LogP contribution in [0.2, 0.25) is 0 Å². The number of hydrogen-bond donors (Lipinski definition) is 1. The molecule has 0 amide bonds. The maximum Gasteiger partial charge on any atom is 0.131 e. The topological polar surface area (TPSA) is 64.7 Å². The molecular weight excluding hydrogens is 212 g/mol. The van der Waals surface area contributed by atoms with Gasteiger partial charge >= 0.3 is 0 Å². The van der Waals surface area contributed by atoms with Gasteiger partial charge in [-0.25, -0.2) is 9.97 Å². The van der Waals surface area contributed by atoms with Gasteiger partial charge in [0.25, 0.3) is 0 Å². The van der Waals surface area contributed by atoms with Crippen LogP contribution in [0.1, 0.15) is 24.9 Å². The number of nitrogen functional groups attached to an aromatic ring is 1. The highest BCUT2D eigenvalue weighted by Crippen LogP contribution is 2.19. The average molecular weight is 228 g/mol. The normalized spacial score (nSPS) is 10.5. The summed E-state index contributed by atoms with van der Waals surface area (Å²) in [5, 5.41) is 0. The lowest BCUT2D eigenvalue weighted by Gasteiger charge is -2.05. The van der Waals surface area contributed by atoms with E-state index in [4.69, 9.17) is 5.73 Å². The third-order valence-corrected chi connectivity index (χ3v) is 2.46. The first-order chi connectivity index (χ1) is 8.19. The fourth-order valence-electron chi connectivity index (χ4n) is 1.71. The van der Waals surface area contributed by atoms with Crippen LogP contribution in [0, 0.1) is 6.92 Å². The maximum absolute atomic E-state index is 5.80. The summed E-state index contributed by atoms with van der Waals surface area (Å²) in [6, 6.07) is 5.73. The minimum Gasteiger partial charge on any atom is -0.384 e. The van der Waals surface area contributed by atoms with E-state index in [9.17, 15) is 0 Å². The van der Waals surface area contributed by atoms with Crippen molar-refractivity contribution in [2.45, 2.75) is 26.7 Å². The molecule has 4 heteroatoms. The second-order valence-corrected chi connectivity index (χ2v) is 4.03. The Balaban J connectivity index is 2.44. The molecule has 0 unspecified atom stereocenters. The largest absolute Gasteiger partial charge is 0.384 e. The van der Waals surface area contributed by atoms with Crippen LogP contribution in [0.5, 0.6) is 0 Å². The molecule has 4 nitrogen and oxygen atoms in total. The molecule has 0 atom stereocenters. The highest BCUT2D eigenvalue weighted by Gasteiger charge is 2.05. The Morgan fingerprint density at radius 2 is 2.06 bits per heavy atom. The van der Waals surface area contributed by atoms with E-state index >= 15 is 0 Å². The van der Waals surface area contributed by atoms with Crippen LogP contribution in [-0.4, -0.2) is 15.0 Å². The Bertz CT molecular complexity index is 523. The second-order valence-electron chi connectivity index (χ2n) is 4.03. The van der Waals surface area contributed by atoms with Crippen molar-refractivity contribution in [1.29, 1.82) is 0 Å². The maximum atomic E-state index is 5.80. The first kappa shape index (κ1) is 11.5. The molecule has 2 N–H and O–H groups in total. The Kier molecular flexibility index (Phi) is 3.32. The Morgan fingerprint density at radius 3 is 2.76 bits per heavy atom. The molecule has 0 saturated heterocycles. The zero-order valence-electron chi connectivity index (χ0n) is 10.1. The van der Waals surface area contributed by atoms with Gasteiger partial charge in [0, 0.05) is 29.9 Å². The summed E-state index contributed by atoms with van der Waals surface area (Å²) < 4.78 is 0. The lowest BCUT2D eigenvalue weighted by molar-refractivity contribution is 0.839. The van der Waals surface area contributed by atoms with Gasteiger partial charge in [-0.05, 0) is 25.5 Å². The summed E-state index contributed by atoms with van der Waals surface area (Å²) in [4.78, 5) is 12.9. The zero-order chi connectivity index (χ0) is 12.3. The number of rotatable bonds is 3. The number of aryl methyl sites for hydroxylation is 2. The molecular formula is C13H16N4. The summed E-state index contributed by atoms with van der Waals surface area (Å²) in [6.07, 6.45) is 3.64. The number of anilines is 1. The van der Waals surface area contributed by atoms with Crippen LogP contribution in [0.4, 0.5) is 5.82 Å². The SMILES string of the molecule is CCCc1nc(N)cc(-c2ccnc(C)c2)n1. The predicted octanol–water partition coefficient (Wildman–Crippen LogP) is 2.38. The molecule has 2 rings (SSSR count). The highest BCUT2D eigenvalue weighted by molar-refractivity contribution is 5.61. The summed E-state index contributed by atoms with van der Waals surface area (Å²) in [5.74, 6) is 1.32.